The van der Waals surface area contributed by atoms with Gasteiger partial charge in [0, 0.05) is 49.0 Å². The van der Waals surface area contributed by atoms with Crippen molar-refractivity contribution in [2.75, 3.05) is 45.6 Å². The van der Waals surface area contributed by atoms with Crippen LogP contribution in [0.4, 0.5) is 28.0 Å². The molecule has 3 heterocycles. The van der Waals surface area contributed by atoms with E-state index in [1.807, 2.05) is 10.6 Å². The summed E-state index contributed by atoms with van der Waals surface area (Å²) in [5.41, 5.74) is 16.5. The molecule has 0 bridgehead atoms. The number of urea groups is 4. The number of rotatable bonds is 22. The average molecular weight is 1280 g/mol. The van der Waals surface area contributed by atoms with Gasteiger partial charge in [-0.05, 0) is 85.1 Å². The molecule has 17 N–H and O–H groups in total. The third-order valence-corrected chi connectivity index (χ3v) is 18.5. The first kappa shape index (κ1) is 74.1. The molecule has 3 aliphatic heterocycles. The van der Waals surface area contributed by atoms with E-state index >= 15 is 8.78 Å². The summed E-state index contributed by atoms with van der Waals surface area (Å²) in [5.74, 6) is -15.5. The van der Waals surface area contributed by atoms with Gasteiger partial charge in [0.2, 0.25) is 35.4 Å². The lowest BCUT2D eigenvalue weighted by molar-refractivity contribution is -0.141. The van der Waals surface area contributed by atoms with Crippen LogP contribution in [0, 0.1) is 11.8 Å². The Bertz CT molecular complexity index is 2550. The lowest BCUT2D eigenvalue weighted by atomic mass is 9.95. The number of nitrogens with zero attached hydrogens (tertiary/aromatic N) is 4. The van der Waals surface area contributed by atoms with Crippen molar-refractivity contribution in [3.8, 4) is 0 Å². The number of amides is 17. The number of guanidine groups is 1. The molecular weight excluding hydrogens is 1190 g/mol. The average Bonchev–Trinajstić information content (AvgIpc) is 4.41. The van der Waals surface area contributed by atoms with Gasteiger partial charge in [-0.3, -0.25) is 69.0 Å². The predicted molar refractivity (Wildman–Crippen MR) is 316 cm³/mol. The maximum absolute atomic E-state index is 15.6. The Labute approximate surface area is 511 Å². The van der Waals surface area contributed by atoms with Crippen LogP contribution in [0.5, 0.6) is 0 Å². The Morgan fingerprint density at radius 2 is 1.46 bits per heavy atom. The van der Waals surface area contributed by atoms with Gasteiger partial charge in [0.15, 0.2) is 5.96 Å². The molecule has 0 aromatic carbocycles. The second kappa shape index (κ2) is 34.4. The fourth-order valence-corrected chi connectivity index (χ4v) is 12.4. The van der Waals surface area contributed by atoms with Crippen molar-refractivity contribution in [3.63, 3.8) is 0 Å². The number of likely N-dealkylation sites (N-methyl/N-ethyl adjacent to an activating group) is 1. The maximum atomic E-state index is 15.6. The molecule has 0 saturated carbocycles. The Kier molecular flexibility index (Phi) is 29.3. The van der Waals surface area contributed by atoms with Gasteiger partial charge >= 0.3 is 24.1 Å². The van der Waals surface area contributed by atoms with Crippen molar-refractivity contribution in [2.24, 2.45) is 34.0 Å². The van der Waals surface area contributed by atoms with Crippen molar-refractivity contribution < 1.29 is 76.2 Å². The lowest BCUT2D eigenvalue weighted by Gasteiger charge is -2.35. The van der Waals surface area contributed by atoms with E-state index < -0.39 is 179 Å². The number of aliphatic hydroxyl groups excluding tert-OH is 1. The molecule has 3 aliphatic rings. The molecule has 0 spiro atoms. The van der Waals surface area contributed by atoms with E-state index in [0.29, 0.717) is 17.7 Å². The molecule has 3 saturated heterocycles. The van der Waals surface area contributed by atoms with Gasteiger partial charge in [-0.2, -0.15) is 0 Å². The molecule has 0 aliphatic carbocycles. The molecule has 87 heavy (non-hydrogen) atoms. The number of alkyl halides is 2. The molecule has 3 rings (SSSR count). The Morgan fingerprint density at radius 3 is 2.05 bits per heavy atom. The minimum absolute atomic E-state index is 0.0203. The number of aliphatic hydroxyl groups is 1. The molecular formula is C52H87F2N17O14S2. The summed E-state index contributed by atoms with van der Waals surface area (Å²) < 4.78 is 29.5. The monoisotopic (exact) mass is 1280 g/mol. The highest BCUT2D eigenvalue weighted by atomic mass is 33.1. The number of aliphatic imine (C=N–C) groups is 1. The Hall–Kier alpha value is -7.14. The van der Waals surface area contributed by atoms with Crippen LogP contribution in [-0.4, -0.2) is 214 Å². The van der Waals surface area contributed by atoms with Crippen LogP contribution >= 0.6 is 21.6 Å². The number of carbonyl (C=O) groups is 13. The first-order chi connectivity index (χ1) is 40.8. The number of likely N-dealkylation sites (tertiary alicyclic amines) is 1. The second-order valence-corrected chi connectivity index (χ2v) is 24.8. The normalized spacial score (nSPS) is 24.1. The Balaban J connectivity index is 2.28. The summed E-state index contributed by atoms with van der Waals surface area (Å²) in [7, 11) is 3.12. The molecule has 11 atom stereocenters. The van der Waals surface area contributed by atoms with Crippen LogP contribution in [0.15, 0.2) is 4.99 Å². The van der Waals surface area contributed by atoms with Crippen LogP contribution in [0.2, 0.25) is 0 Å². The molecule has 17 amide bonds. The number of fused-ring (bicyclic) bond motifs is 1. The van der Waals surface area contributed by atoms with Crippen LogP contribution in [0.3, 0.4) is 0 Å². The smallest absolute Gasteiger partial charge is 0.332 e. The summed E-state index contributed by atoms with van der Waals surface area (Å²) in [5, 5.41) is 33.8. The van der Waals surface area contributed by atoms with Crippen molar-refractivity contribution >= 4 is 105 Å². The van der Waals surface area contributed by atoms with E-state index in [9.17, 15) is 67.4 Å². The number of nitrogens with two attached hydrogens (primary N) is 3. The van der Waals surface area contributed by atoms with Gasteiger partial charge in [0.25, 0.3) is 23.6 Å². The van der Waals surface area contributed by atoms with Gasteiger partial charge in [0.05, 0.1) is 12.6 Å². The van der Waals surface area contributed by atoms with Gasteiger partial charge in [0.1, 0.15) is 48.3 Å². The summed E-state index contributed by atoms with van der Waals surface area (Å²) in [4.78, 5) is 188. The van der Waals surface area contributed by atoms with E-state index in [1.54, 1.807) is 20.8 Å². The van der Waals surface area contributed by atoms with E-state index in [0.717, 1.165) is 26.5 Å². The van der Waals surface area contributed by atoms with Crippen LogP contribution in [-0.2, 0) is 43.2 Å². The summed E-state index contributed by atoms with van der Waals surface area (Å²) in [6.07, 6.45) is -0.522. The maximum Gasteiger partial charge on any atom is 0.332 e. The highest BCUT2D eigenvalue weighted by molar-refractivity contribution is 8.77. The molecule has 0 aromatic rings. The summed E-state index contributed by atoms with van der Waals surface area (Å²) in [6, 6.07) is -18.8. The highest BCUT2D eigenvalue weighted by Gasteiger charge is 2.46. The number of carbonyl (C=O) groups excluding carboxylic acids is 13. The largest absolute Gasteiger partial charge is 0.394 e. The number of hydrogen-bond acceptors (Lipinski definition) is 18. The molecule has 490 valence electrons. The molecule has 3 fully saturated rings. The van der Waals surface area contributed by atoms with Gasteiger partial charge in [-0.15, -0.1) is 0 Å². The minimum Gasteiger partial charge on any atom is -0.394 e. The number of nitrogens with one attached hydrogen (secondary N) is 10. The number of primary amides is 1. The first-order valence-electron chi connectivity index (χ1n) is 28.8. The van der Waals surface area contributed by atoms with E-state index in [4.69, 9.17) is 17.2 Å². The number of imide groups is 4. The van der Waals surface area contributed by atoms with Crippen LogP contribution < -0.4 is 70.4 Å². The van der Waals surface area contributed by atoms with Crippen molar-refractivity contribution in [1.29, 1.82) is 0 Å². The van der Waals surface area contributed by atoms with E-state index in [2.05, 4.69) is 47.5 Å². The molecule has 2 unspecified atom stereocenters. The minimum atomic E-state index is -3.49. The predicted octanol–water partition coefficient (Wildman–Crippen LogP) is -1.73. The van der Waals surface area contributed by atoms with E-state index in [1.165, 1.54) is 46.6 Å². The van der Waals surface area contributed by atoms with Crippen molar-refractivity contribution in [1.82, 2.24) is 67.9 Å². The zero-order chi connectivity index (χ0) is 65.7. The standard InChI is InChI=1S/C52H87F2N17O14S2/c1-10-26(5)35(64-38(74)27(6)58-9)42(78)62-32-25-86-87-51(7,8)36(43(79)60-29(12-3)44(80)69-21-15-18-33(69)37(55)73)65-48(83)68-50(85)71(23-28(11-2)52(53,54)13-4)45(81)34-19-16-22-70(34)49(84)67-40(76)31(24-72)61-39(75)30(17-14-20-59-46(56)57)63-47(82)66-41(32)77/h26-36,58,72H,10-25H2,1-9H3,(H2,55,73)(H,60,79)(H,61,75)(H,62,78)(H,64,74)(H4,56,57,59)(H,67,76,84)(H2,63,66,77,82)(H2,65,68,83,85)/t26-,27-,28?,29-,30-,31-,32-,33-,34-,35-,36?/m0/s1. The van der Waals surface area contributed by atoms with Crippen LogP contribution in [0.25, 0.3) is 0 Å². The lowest BCUT2D eigenvalue weighted by Crippen LogP contribution is -2.63. The Morgan fingerprint density at radius 1 is 0.805 bits per heavy atom. The zero-order valence-corrected chi connectivity index (χ0v) is 52.1. The van der Waals surface area contributed by atoms with Gasteiger partial charge in [-0.25, -0.2) is 28.0 Å². The quantitative estimate of drug-likeness (QED) is 0.0248. The van der Waals surface area contributed by atoms with Crippen molar-refractivity contribution in [2.45, 2.75) is 185 Å². The highest BCUT2D eigenvalue weighted by Crippen LogP contribution is 2.39. The third kappa shape index (κ3) is 21.3. The van der Waals surface area contributed by atoms with E-state index in [-0.39, 0.29) is 70.5 Å². The SMILES string of the molecule is CCC(CN1C(=O)NC(=O)NC(C(=O)N[C@@H](CC)C(=O)N2CCC[C@H]2C(N)=O)C(C)(C)SSC[C@H](NC(=O)[C@@H](NC(=O)[C@H](C)NC)[C@@H](C)CC)C(=O)NC(=O)N[C@@H](CCCN=C(N)N)C(=O)N[C@@H](CO)C(=O)NC(=O)N2CCC[C@H]2C1=O)C(F)(F)CC. The molecule has 31 nitrogen and oxygen atoms in total. The van der Waals surface area contributed by atoms with Gasteiger partial charge in [-0.1, -0.05) is 62.6 Å². The second-order valence-electron chi connectivity index (χ2n) is 21.8. The number of halogens is 2. The molecule has 35 heteroatoms. The van der Waals surface area contributed by atoms with Crippen molar-refractivity contribution in [3.05, 3.63) is 0 Å². The van der Waals surface area contributed by atoms with Gasteiger partial charge < -0.3 is 69.3 Å². The summed E-state index contributed by atoms with van der Waals surface area (Å²) >= 11 is 0. The topological polar surface area (TPSA) is 463 Å². The first-order valence-corrected chi connectivity index (χ1v) is 31.1. The number of hydrogen-bond donors (Lipinski definition) is 14. The molecule has 0 aromatic heterocycles. The fourth-order valence-electron chi connectivity index (χ4n) is 9.55. The van der Waals surface area contributed by atoms with Crippen LogP contribution in [0.1, 0.15) is 120 Å². The fraction of sp³-hybridized carbons (Fsp3) is 0.731. The molecule has 0 radical (unpaired) electrons. The summed E-state index contributed by atoms with van der Waals surface area (Å²) in [6.45, 7) is 9.48. The third-order valence-electron chi connectivity index (χ3n) is 15.2. The zero-order valence-electron chi connectivity index (χ0n) is 50.5.